The Hall–Kier alpha value is -0.680. The van der Waals surface area contributed by atoms with E-state index in [4.69, 9.17) is 4.74 Å². The van der Waals surface area contributed by atoms with E-state index in [0.717, 1.165) is 12.3 Å². The Bertz CT molecular complexity index is 350. The topological polar surface area (TPSA) is 31.2 Å². The van der Waals surface area contributed by atoms with Crippen LogP contribution in [0.5, 0.6) is 0 Å². The minimum Gasteiger partial charge on any atom is -0.383 e. The molecule has 1 aromatic heterocycles. The van der Waals surface area contributed by atoms with Crippen molar-refractivity contribution in [2.45, 2.75) is 6.54 Å². The largest absolute Gasteiger partial charge is 0.383 e. The lowest BCUT2D eigenvalue weighted by molar-refractivity contribution is 0.185. The SMILES string of the molecule is COCCn1cc(F)cc(Br)c1=O. The average molecular weight is 250 g/mol. The molecule has 0 radical (unpaired) electrons. The van der Waals surface area contributed by atoms with Crippen LogP contribution < -0.4 is 5.56 Å². The molecule has 72 valence electrons. The van der Waals surface area contributed by atoms with Gasteiger partial charge in [-0.3, -0.25) is 4.79 Å². The number of hydrogen-bond acceptors (Lipinski definition) is 2. The van der Waals surface area contributed by atoms with Crippen LogP contribution in [0, 0.1) is 5.82 Å². The van der Waals surface area contributed by atoms with Gasteiger partial charge >= 0.3 is 0 Å². The van der Waals surface area contributed by atoms with E-state index in [1.54, 1.807) is 0 Å². The number of methoxy groups -OCH3 is 1. The third-order valence-electron chi connectivity index (χ3n) is 1.55. The monoisotopic (exact) mass is 249 g/mol. The van der Waals surface area contributed by atoms with Crippen molar-refractivity contribution in [3.05, 3.63) is 32.9 Å². The van der Waals surface area contributed by atoms with Gasteiger partial charge in [0.25, 0.3) is 5.56 Å². The molecule has 1 heterocycles. The number of ether oxygens (including phenoxy) is 1. The maximum atomic E-state index is 12.8. The van der Waals surface area contributed by atoms with Crippen molar-refractivity contribution >= 4 is 15.9 Å². The van der Waals surface area contributed by atoms with Gasteiger partial charge in [-0.2, -0.15) is 0 Å². The second kappa shape index (κ2) is 4.53. The fraction of sp³-hybridized carbons (Fsp3) is 0.375. The Balaban J connectivity index is 2.99. The lowest BCUT2D eigenvalue weighted by Crippen LogP contribution is -2.22. The Morgan fingerprint density at radius 3 is 3.00 bits per heavy atom. The van der Waals surface area contributed by atoms with Crippen molar-refractivity contribution in [3.63, 3.8) is 0 Å². The quantitative estimate of drug-likeness (QED) is 0.811. The minimum absolute atomic E-state index is 0.226. The molecule has 0 spiro atoms. The van der Waals surface area contributed by atoms with Crippen LogP contribution in [0.3, 0.4) is 0 Å². The minimum atomic E-state index is -0.442. The van der Waals surface area contributed by atoms with Gasteiger partial charge in [0.05, 0.1) is 11.1 Å². The molecule has 0 aromatic carbocycles. The van der Waals surface area contributed by atoms with E-state index in [9.17, 15) is 9.18 Å². The number of nitrogens with zero attached hydrogens (tertiary/aromatic N) is 1. The highest BCUT2D eigenvalue weighted by molar-refractivity contribution is 9.10. The fourth-order valence-corrected chi connectivity index (χ4v) is 1.37. The van der Waals surface area contributed by atoms with Gasteiger partial charge in [-0.25, -0.2) is 4.39 Å². The molecule has 0 bridgehead atoms. The van der Waals surface area contributed by atoms with Crippen LogP contribution in [-0.2, 0) is 11.3 Å². The van der Waals surface area contributed by atoms with Gasteiger partial charge in [-0.1, -0.05) is 0 Å². The lowest BCUT2D eigenvalue weighted by atomic mass is 10.4. The zero-order valence-corrected chi connectivity index (χ0v) is 8.67. The van der Waals surface area contributed by atoms with Crippen molar-refractivity contribution < 1.29 is 9.13 Å². The summed E-state index contributed by atoms with van der Waals surface area (Å²) in [5.74, 6) is -0.442. The summed E-state index contributed by atoms with van der Waals surface area (Å²) in [4.78, 5) is 11.3. The second-order valence-corrected chi connectivity index (χ2v) is 3.35. The molecule has 0 amide bonds. The first-order valence-electron chi connectivity index (χ1n) is 3.69. The Kier molecular flexibility index (Phi) is 3.62. The third-order valence-corrected chi connectivity index (χ3v) is 2.11. The summed E-state index contributed by atoms with van der Waals surface area (Å²) in [6.07, 6.45) is 1.16. The predicted molar refractivity (Wildman–Crippen MR) is 50.2 cm³/mol. The molecule has 0 unspecified atom stereocenters. The van der Waals surface area contributed by atoms with Gasteiger partial charge < -0.3 is 9.30 Å². The van der Waals surface area contributed by atoms with Crippen molar-refractivity contribution in [3.8, 4) is 0 Å². The summed E-state index contributed by atoms with van der Waals surface area (Å²) in [6.45, 7) is 0.738. The molecule has 0 saturated carbocycles. The molecule has 1 aromatic rings. The van der Waals surface area contributed by atoms with Gasteiger partial charge in [0.15, 0.2) is 0 Å². The summed E-state index contributed by atoms with van der Waals surface area (Å²) in [7, 11) is 1.53. The molecule has 0 atom stereocenters. The van der Waals surface area contributed by atoms with Crippen LogP contribution in [0.25, 0.3) is 0 Å². The zero-order valence-electron chi connectivity index (χ0n) is 7.09. The van der Waals surface area contributed by atoms with E-state index < -0.39 is 5.82 Å². The third kappa shape index (κ3) is 2.63. The Labute approximate surface area is 83.3 Å². The van der Waals surface area contributed by atoms with E-state index in [1.165, 1.54) is 11.7 Å². The standard InChI is InChI=1S/C8H9BrFNO2/c1-13-3-2-11-5-6(10)4-7(9)8(11)12/h4-5H,2-3H2,1H3. The number of rotatable bonds is 3. The van der Waals surface area contributed by atoms with Gasteiger partial charge in [0, 0.05) is 19.9 Å². The lowest BCUT2D eigenvalue weighted by Gasteiger charge is -2.04. The highest BCUT2D eigenvalue weighted by Gasteiger charge is 2.03. The normalized spacial score (nSPS) is 10.4. The highest BCUT2D eigenvalue weighted by Crippen LogP contribution is 2.04. The summed E-state index contributed by atoms with van der Waals surface area (Å²) >= 11 is 2.97. The number of pyridine rings is 1. The first-order valence-corrected chi connectivity index (χ1v) is 4.49. The molecular formula is C8H9BrFNO2. The highest BCUT2D eigenvalue weighted by atomic mass is 79.9. The maximum absolute atomic E-state index is 12.8. The predicted octanol–water partition coefficient (Wildman–Crippen LogP) is 1.40. The maximum Gasteiger partial charge on any atom is 0.265 e. The summed E-state index contributed by atoms with van der Waals surface area (Å²) in [6, 6.07) is 1.14. The van der Waals surface area contributed by atoms with Crippen molar-refractivity contribution in [1.29, 1.82) is 0 Å². The molecule has 0 saturated heterocycles. The zero-order chi connectivity index (χ0) is 9.84. The molecule has 0 aliphatic carbocycles. The Morgan fingerprint density at radius 2 is 2.38 bits per heavy atom. The average Bonchev–Trinajstić information content (AvgIpc) is 2.09. The number of hydrogen-bond donors (Lipinski definition) is 0. The van der Waals surface area contributed by atoms with Gasteiger partial charge in [0.2, 0.25) is 0 Å². The first-order chi connectivity index (χ1) is 6.15. The van der Waals surface area contributed by atoms with E-state index in [-0.39, 0.29) is 10.0 Å². The molecule has 13 heavy (non-hydrogen) atoms. The van der Waals surface area contributed by atoms with E-state index >= 15 is 0 Å². The van der Waals surface area contributed by atoms with E-state index in [2.05, 4.69) is 15.9 Å². The van der Waals surface area contributed by atoms with Crippen LogP contribution in [0.2, 0.25) is 0 Å². The van der Waals surface area contributed by atoms with Crippen LogP contribution in [0.15, 0.2) is 21.5 Å². The van der Waals surface area contributed by atoms with Crippen LogP contribution >= 0.6 is 15.9 Å². The Morgan fingerprint density at radius 1 is 1.69 bits per heavy atom. The number of aromatic nitrogens is 1. The molecule has 3 nitrogen and oxygen atoms in total. The van der Waals surface area contributed by atoms with E-state index in [1.807, 2.05) is 0 Å². The first kappa shape index (κ1) is 10.4. The van der Waals surface area contributed by atoms with Gasteiger partial charge in [-0.15, -0.1) is 0 Å². The van der Waals surface area contributed by atoms with Crippen LogP contribution in [0.4, 0.5) is 4.39 Å². The summed E-state index contributed by atoms with van der Waals surface area (Å²) in [5.41, 5.74) is -0.251. The number of halogens is 2. The fourth-order valence-electron chi connectivity index (χ4n) is 0.920. The van der Waals surface area contributed by atoms with Gasteiger partial charge in [-0.05, 0) is 22.0 Å². The molecule has 0 fully saturated rings. The van der Waals surface area contributed by atoms with Crippen molar-refractivity contribution in [2.24, 2.45) is 0 Å². The smallest absolute Gasteiger partial charge is 0.265 e. The van der Waals surface area contributed by atoms with Crippen molar-refractivity contribution in [1.82, 2.24) is 4.57 Å². The summed E-state index contributed by atoms with van der Waals surface area (Å²) < 4.78 is 19.1. The van der Waals surface area contributed by atoms with Gasteiger partial charge in [0.1, 0.15) is 5.82 Å². The van der Waals surface area contributed by atoms with Crippen LogP contribution in [-0.4, -0.2) is 18.3 Å². The second-order valence-electron chi connectivity index (χ2n) is 2.50. The van der Waals surface area contributed by atoms with Crippen molar-refractivity contribution in [2.75, 3.05) is 13.7 Å². The van der Waals surface area contributed by atoms with E-state index in [0.29, 0.717) is 13.2 Å². The molecule has 1 rings (SSSR count). The molecule has 5 heteroatoms. The molecular weight excluding hydrogens is 241 g/mol. The molecule has 0 aliphatic rings. The molecule has 0 N–H and O–H groups in total. The summed E-state index contributed by atoms with van der Waals surface area (Å²) in [5, 5.41) is 0. The van der Waals surface area contributed by atoms with Crippen LogP contribution in [0.1, 0.15) is 0 Å². The molecule has 0 aliphatic heterocycles.